The van der Waals surface area contributed by atoms with Gasteiger partial charge in [0.1, 0.15) is 0 Å². The highest BCUT2D eigenvalue weighted by Crippen LogP contribution is 2.26. The van der Waals surface area contributed by atoms with E-state index in [1.54, 1.807) is 15.3 Å². The third-order valence-corrected chi connectivity index (χ3v) is 5.77. The number of benzene rings is 1. The zero-order valence-corrected chi connectivity index (χ0v) is 17.8. The Bertz CT molecular complexity index is 1100. The molecule has 0 spiro atoms. The standard InChI is InChI=1S/C20H25N5O2S/c1-11(2)25-19(27)15-9-7-8-10-16(15)21-20(25)28-14(5)18(26)22-17-12(3)23-24(6)13(17)4/h7-11,14H,1-6H3,(H,22,26)/t14-/m0/s1. The lowest BCUT2D eigenvalue weighted by Crippen LogP contribution is -2.28. The predicted octanol–water partition coefficient (Wildman–Crippen LogP) is 3.45. The number of carbonyl (C=O) groups excluding carboxylic acids is 1. The summed E-state index contributed by atoms with van der Waals surface area (Å²) in [6, 6.07) is 7.22. The van der Waals surface area contributed by atoms with Gasteiger partial charge in [-0.2, -0.15) is 5.10 Å². The molecule has 0 saturated heterocycles. The molecule has 1 atom stereocenters. The normalized spacial score (nSPS) is 12.5. The van der Waals surface area contributed by atoms with Crippen molar-refractivity contribution in [2.45, 2.75) is 51.1 Å². The van der Waals surface area contributed by atoms with Crippen molar-refractivity contribution < 1.29 is 4.79 Å². The molecule has 1 aromatic carbocycles. The third kappa shape index (κ3) is 3.69. The van der Waals surface area contributed by atoms with Crippen molar-refractivity contribution >= 4 is 34.3 Å². The number of hydrogen-bond acceptors (Lipinski definition) is 5. The fraction of sp³-hybridized carbons (Fsp3) is 0.400. The van der Waals surface area contributed by atoms with Crippen LogP contribution in [0.2, 0.25) is 0 Å². The van der Waals surface area contributed by atoms with E-state index in [1.165, 1.54) is 11.8 Å². The van der Waals surface area contributed by atoms with Gasteiger partial charge in [-0.05, 0) is 46.8 Å². The average Bonchev–Trinajstić information content (AvgIpc) is 2.87. The van der Waals surface area contributed by atoms with Gasteiger partial charge in [-0.3, -0.25) is 18.8 Å². The van der Waals surface area contributed by atoms with Crippen LogP contribution in [0.25, 0.3) is 10.9 Å². The molecule has 0 aliphatic carbocycles. The van der Waals surface area contributed by atoms with Gasteiger partial charge in [-0.15, -0.1) is 0 Å². The Hall–Kier alpha value is -2.61. The molecule has 0 bridgehead atoms. The first kappa shape index (κ1) is 20.1. The quantitative estimate of drug-likeness (QED) is 0.525. The van der Waals surface area contributed by atoms with Crippen molar-refractivity contribution in [3.05, 3.63) is 46.0 Å². The minimum atomic E-state index is -0.433. The summed E-state index contributed by atoms with van der Waals surface area (Å²) >= 11 is 1.29. The van der Waals surface area contributed by atoms with E-state index in [4.69, 9.17) is 0 Å². The van der Waals surface area contributed by atoms with Gasteiger partial charge in [-0.25, -0.2) is 4.98 Å². The van der Waals surface area contributed by atoms with E-state index in [1.807, 2.05) is 59.9 Å². The van der Waals surface area contributed by atoms with Gasteiger partial charge in [0.05, 0.1) is 33.2 Å². The second-order valence-corrected chi connectivity index (χ2v) is 8.41. The molecule has 0 fully saturated rings. The molecule has 0 unspecified atom stereocenters. The second kappa shape index (κ2) is 7.79. The van der Waals surface area contributed by atoms with E-state index >= 15 is 0 Å². The maximum absolute atomic E-state index is 12.9. The number of para-hydroxylation sites is 1. The molecule has 3 rings (SSSR count). The first-order chi connectivity index (χ1) is 13.2. The molecular formula is C20H25N5O2S. The van der Waals surface area contributed by atoms with Crippen LogP contribution in [0.15, 0.2) is 34.2 Å². The molecule has 2 heterocycles. The number of nitrogens with one attached hydrogen (secondary N) is 1. The van der Waals surface area contributed by atoms with Crippen LogP contribution in [0, 0.1) is 13.8 Å². The number of anilines is 1. The summed E-state index contributed by atoms with van der Waals surface area (Å²) < 4.78 is 3.39. The van der Waals surface area contributed by atoms with Gasteiger partial charge >= 0.3 is 0 Å². The van der Waals surface area contributed by atoms with Crippen molar-refractivity contribution in [1.82, 2.24) is 19.3 Å². The van der Waals surface area contributed by atoms with Crippen LogP contribution < -0.4 is 10.9 Å². The number of carbonyl (C=O) groups is 1. The third-order valence-electron chi connectivity index (χ3n) is 4.70. The van der Waals surface area contributed by atoms with Crippen LogP contribution in [0.1, 0.15) is 38.2 Å². The van der Waals surface area contributed by atoms with Gasteiger partial charge in [0.25, 0.3) is 5.56 Å². The van der Waals surface area contributed by atoms with Crippen LogP contribution in [-0.4, -0.2) is 30.5 Å². The van der Waals surface area contributed by atoms with E-state index in [0.29, 0.717) is 16.1 Å². The number of fused-ring (bicyclic) bond motifs is 1. The summed E-state index contributed by atoms with van der Waals surface area (Å²) in [6.07, 6.45) is 0. The Morgan fingerprint density at radius 3 is 2.46 bits per heavy atom. The van der Waals surface area contributed by atoms with Crippen LogP contribution >= 0.6 is 11.8 Å². The molecule has 1 N–H and O–H groups in total. The smallest absolute Gasteiger partial charge is 0.262 e. The summed E-state index contributed by atoms with van der Waals surface area (Å²) in [5, 5.41) is 7.98. The molecule has 0 aliphatic heterocycles. The molecule has 8 heteroatoms. The minimum Gasteiger partial charge on any atom is -0.322 e. The summed E-state index contributed by atoms with van der Waals surface area (Å²) in [4.78, 5) is 30.4. The van der Waals surface area contributed by atoms with Gasteiger partial charge in [0.2, 0.25) is 5.91 Å². The number of amides is 1. The SMILES string of the molecule is Cc1nn(C)c(C)c1NC(=O)[C@H](C)Sc1nc2ccccc2c(=O)n1C(C)C. The molecule has 1 amide bonds. The van der Waals surface area contributed by atoms with Crippen LogP contribution in [0.3, 0.4) is 0 Å². The van der Waals surface area contributed by atoms with Crippen molar-refractivity contribution in [2.24, 2.45) is 7.05 Å². The average molecular weight is 400 g/mol. The molecule has 148 valence electrons. The maximum atomic E-state index is 12.9. The topological polar surface area (TPSA) is 81.8 Å². The maximum Gasteiger partial charge on any atom is 0.262 e. The van der Waals surface area contributed by atoms with E-state index in [2.05, 4.69) is 15.4 Å². The Balaban J connectivity index is 1.92. The van der Waals surface area contributed by atoms with Gasteiger partial charge in [0.15, 0.2) is 5.16 Å². The molecule has 28 heavy (non-hydrogen) atoms. The van der Waals surface area contributed by atoms with E-state index in [-0.39, 0.29) is 17.5 Å². The lowest BCUT2D eigenvalue weighted by atomic mass is 10.2. The van der Waals surface area contributed by atoms with E-state index < -0.39 is 5.25 Å². The summed E-state index contributed by atoms with van der Waals surface area (Å²) in [5.41, 5.74) is 2.94. The molecular weight excluding hydrogens is 374 g/mol. The minimum absolute atomic E-state index is 0.0646. The van der Waals surface area contributed by atoms with E-state index in [9.17, 15) is 9.59 Å². The summed E-state index contributed by atoms with van der Waals surface area (Å²) in [7, 11) is 1.84. The van der Waals surface area contributed by atoms with Crippen LogP contribution in [0.4, 0.5) is 5.69 Å². The number of aryl methyl sites for hydroxylation is 2. The fourth-order valence-corrected chi connectivity index (χ4v) is 4.10. The zero-order valence-electron chi connectivity index (χ0n) is 17.0. The first-order valence-corrected chi connectivity index (χ1v) is 10.1. The van der Waals surface area contributed by atoms with Crippen LogP contribution in [-0.2, 0) is 11.8 Å². The number of hydrogen-bond donors (Lipinski definition) is 1. The van der Waals surface area contributed by atoms with Crippen LogP contribution in [0.5, 0.6) is 0 Å². The Morgan fingerprint density at radius 2 is 1.86 bits per heavy atom. The predicted molar refractivity (Wildman–Crippen MR) is 113 cm³/mol. The number of rotatable bonds is 5. The lowest BCUT2D eigenvalue weighted by Gasteiger charge is -2.18. The van der Waals surface area contributed by atoms with Crippen molar-refractivity contribution in [1.29, 1.82) is 0 Å². The highest BCUT2D eigenvalue weighted by molar-refractivity contribution is 8.00. The first-order valence-electron chi connectivity index (χ1n) is 9.19. The molecule has 0 aliphatic rings. The number of aromatic nitrogens is 4. The van der Waals surface area contributed by atoms with E-state index in [0.717, 1.165) is 17.1 Å². The Morgan fingerprint density at radius 1 is 1.18 bits per heavy atom. The largest absolute Gasteiger partial charge is 0.322 e. The zero-order chi connectivity index (χ0) is 20.6. The lowest BCUT2D eigenvalue weighted by molar-refractivity contribution is -0.115. The highest BCUT2D eigenvalue weighted by Gasteiger charge is 2.22. The Kier molecular flexibility index (Phi) is 5.60. The second-order valence-electron chi connectivity index (χ2n) is 7.10. The highest BCUT2D eigenvalue weighted by atomic mass is 32.2. The van der Waals surface area contributed by atoms with Gasteiger partial charge in [-0.1, -0.05) is 23.9 Å². The monoisotopic (exact) mass is 399 g/mol. The number of thioether (sulfide) groups is 1. The molecule has 0 saturated carbocycles. The van der Waals surface area contributed by atoms with Crippen molar-refractivity contribution in [3.8, 4) is 0 Å². The van der Waals surface area contributed by atoms with Gasteiger partial charge in [0, 0.05) is 13.1 Å². The number of nitrogens with zero attached hydrogens (tertiary/aromatic N) is 4. The molecule has 7 nitrogen and oxygen atoms in total. The van der Waals surface area contributed by atoms with Crippen molar-refractivity contribution in [2.75, 3.05) is 5.32 Å². The summed E-state index contributed by atoms with van der Waals surface area (Å²) in [5.74, 6) is -0.151. The summed E-state index contributed by atoms with van der Waals surface area (Å²) in [6.45, 7) is 9.47. The molecule has 2 aromatic heterocycles. The van der Waals surface area contributed by atoms with Gasteiger partial charge < -0.3 is 5.32 Å². The Labute approximate surface area is 168 Å². The van der Waals surface area contributed by atoms with Crippen molar-refractivity contribution in [3.63, 3.8) is 0 Å². The molecule has 3 aromatic rings. The fourth-order valence-electron chi connectivity index (χ4n) is 3.06. The molecule has 0 radical (unpaired) electrons.